The topological polar surface area (TPSA) is 81.5 Å². The highest BCUT2D eigenvalue weighted by Crippen LogP contribution is 2.19. The van der Waals surface area contributed by atoms with Crippen LogP contribution < -0.4 is 5.32 Å². The zero-order chi connectivity index (χ0) is 16.1. The summed E-state index contributed by atoms with van der Waals surface area (Å²) >= 11 is 0. The lowest BCUT2D eigenvalue weighted by atomic mass is 10.2. The van der Waals surface area contributed by atoms with Crippen molar-refractivity contribution in [3.63, 3.8) is 0 Å². The van der Waals surface area contributed by atoms with Crippen molar-refractivity contribution < 1.29 is 23.2 Å². The van der Waals surface area contributed by atoms with E-state index in [2.05, 4.69) is 0 Å². The van der Waals surface area contributed by atoms with E-state index in [1.165, 1.54) is 18.2 Å². The van der Waals surface area contributed by atoms with Gasteiger partial charge in [0.1, 0.15) is 18.2 Å². The number of anilines is 1. The molecular formula is C14H10F2N2O4. The first kappa shape index (κ1) is 15.4. The Morgan fingerprint density at radius 3 is 2.68 bits per heavy atom. The van der Waals surface area contributed by atoms with Crippen LogP contribution in [0.4, 0.5) is 25.0 Å². The average molecular weight is 308 g/mol. The lowest BCUT2D eigenvalue weighted by Crippen LogP contribution is -2.15. The van der Waals surface area contributed by atoms with Crippen LogP contribution in [0.1, 0.15) is 5.56 Å². The molecule has 0 aliphatic heterocycles. The Hall–Kier alpha value is -3.03. The molecule has 2 rings (SSSR count). The molecule has 114 valence electrons. The number of hydrogen-bond donors (Lipinski definition) is 1. The summed E-state index contributed by atoms with van der Waals surface area (Å²) < 4.78 is 31.1. The number of rotatable bonds is 4. The van der Waals surface area contributed by atoms with Crippen LogP contribution in [0.15, 0.2) is 42.5 Å². The Morgan fingerprint density at radius 2 is 1.95 bits per heavy atom. The van der Waals surface area contributed by atoms with E-state index in [1.807, 2.05) is 5.32 Å². The molecule has 0 aliphatic carbocycles. The van der Waals surface area contributed by atoms with Crippen LogP contribution in [0.3, 0.4) is 0 Å². The molecule has 0 fully saturated rings. The molecule has 0 saturated heterocycles. The van der Waals surface area contributed by atoms with Crippen molar-refractivity contribution in [2.24, 2.45) is 0 Å². The molecule has 0 unspecified atom stereocenters. The quantitative estimate of drug-likeness (QED) is 0.691. The number of carbonyl (C=O) groups excluding carboxylic acids is 1. The lowest BCUT2D eigenvalue weighted by molar-refractivity contribution is -0.385. The van der Waals surface area contributed by atoms with Crippen molar-refractivity contribution in [3.8, 4) is 0 Å². The zero-order valence-corrected chi connectivity index (χ0v) is 11.1. The molecule has 0 aromatic heterocycles. The largest absolute Gasteiger partial charge is 0.444 e. The second kappa shape index (κ2) is 6.61. The SMILES string of the molecule is O=C(Nc1cc(F)ccc1F)OCc1ccccc1[N+](=O)[O-]. The van der Waals surface area contributed by atoms with Gasteiger partial charge >= 0.3 is 6.09 Å². The maximum atomic E-state index is 13.3. The van der Waals surface area contributed by atoms with Gasteiger partial charge in [0.15, 0.2) is 0 Å². The average Bonchev–Trinajstić information content (AvgIpc) is 2.49. The molecular weight excluding hydrogens is 298 g/mol. The fourth-order valence-electron chi connectivity index (χ4n) is 1.69. The number of hydrogen-bond acceptors (Lipinski definition) is 4. The number of nitro groups is 1. The number of carbonyl (C=O) groups is 1. The first-order valence-electron chi connectivity index (χ1n) is 6.08. The second-order valence-corrected chi connectivity index (χ2v) is 4.21. The Labute approximate surface area is 123 Å². The van der Waals surface area contributed by atoms with Gasteiger partial charge in [-0.1, -0.05) is 12.1 Å². The van der Waals surface area contributed by atoms with Gasteiger partial charge in [-0.3, -0.25) is 15.4 Å². The molecule has 8 heteroatoms. The van der Waals surface area contributed by atoms with Crippen molar-refractivity contribution >= 4 is 17.5 Å². The molecule has 0 bridgehead atoms. The third-order valence-electron chi connectivity index (χ3n) is 2.71. The number of nitro benzene ring substituents is 1. The van der Waals surface area contributed by atoms with Crippen LogP contribution >= 0.6 is 0 Å². The minimum atomic E-state index is -1.05. The number of benzene rings is 2. The summed E-state index contributed by atoms with van der Waals surface area (Å²) in [5.41, 5.74) is -0.401. The van der Waals surface area contributed by atoms with E-state index in [0.717, 1.165) is 18.2 Å². The Bertz CT molecular complexity index is 722. The molecule has 0 radical (unpaired) electrons. The maximum Gasteiger partial charge on any atom is 0.412 e. The van der Waals surface area contributed by atoms with E-state index in [-0.39, 0.29) is 23.5 Å². The van der Waals surface area contributed by atoms with Crippen LogP contribution in [0.2, 0.25) is 0 Å². The van der Waals surface area contributed by atoms with E-state index < -0.39 is 22.7 Å². The number of amides is 1. The summed E-state index contributed by atoms with van der Waals surface area (Å²) in [4.78, 5) is 21.7. The summed E-state index contributed by atoms with van der Waals surface area (Å²) in [5.74, 6) is -1.56. The molecule has 0 saturated carbocycles. The monoisotopic (exact) mass is 308 g/mol. The van der Waals surface area contributed by atoms with Crippen molar-refractivity contribution in [1.82, 2.24) is 0 Å². The van der Waals surface area contributed by atoms with Gasteiger partial charge in [-0.05, 0) is 18.2 Å². The molecule has 6 nitrogen and oxygen atoms in total. The minimum Gasteiger partial charge on any atom is -0.444 e. The number of para-hydroxylation sites is 1. The van der Waals surface area contributed by atoms with Gasteiger partial charge in [-0.25, -0.2) is 13.6 Å². The summed E-state index contributed by atoms with van der Waals surface area (Å²) in [7, 11) is 0. The number of ether oxygens (including phenoxy) is 1. The van der Waals surface area contributed by atoms with Gasteiger partial charge < -0.3 is 4.74 Å². The highest BCUT2D eigenvalue weighted by Gasteiger charge is 2.15. The van der Waals surface area contributed by atoms with Gasteiger partial charge in [-0.2, -0.15) is 0 Å². The number of nitrogens with zero attached hydrogens (tertiary/aromatic N) is 1. The Kier molecular flexibility index (Phi) is 4.62. The zero-order valence-electron chi connectivity index (χ0n) is 11.1. The van der Waals surface area contributed by atoms with E-state index in [9.17, 15) is 23.7 Å². The van der Waals surface area contributed by atoms with Crippen LogP contribution in [-0.2, 0) is 11.3 Å². The van der Waals surface area contributed by atoms with E-state index >= 15 is 0 Å². The van der Waals surface area contributed by atoms with Crippen molar-refractivity contribution in [3.05, 3.63) is 69.8 Å². The molecule has 0 heterocycles. The molecule has 0 atom stereocenters. The van der Waals surface area contributed by atoms with Gasteiger partial charge in [-0.15, -0.1) is 0 Å². The molecule has 2 aromatic rings. The highest BCUT2D eigenvalue weighted by atomic mass is 19.1. The van der Waals surface area contributed by atoms with Crippen LogP contribution in [0.5, 0.6) is 0 Å². The molecule has 0 spiro atoms. The second-order valence-electron chi connectivity index (χ2n) is 4.21. The first-order chi connectivity index (χ1) is 10.5. The number of halogens is 2. The van der Waals surface area contributed by atoms with Gasteiger partial charge in [0.25, 0.3) is 5.69 Å². The molecule has 2 aromatic carbocycles. The van der Waals surface area contributed by atoms with Crippen LogP contribution in [0.25, 0.3) is 0 Å². The molecule has 1 amide bonds. The molecule has 22 heavy (non-hydrogen) atoms. The van der Waals surface area contributed by atoms with Crippen molar-refractivity contribution in [1.29, 1.82) is 0 Å². The van der Waals surface area contributed by atoms with E-state index in [0.29, 0.717) is 0 Å². The van der Waals surface area contributed by atoms with Crippen LogP contribution in [-0.4, -0.2) is 11.0 Å². The third kappa shape index (κ3) is 3.75. The van der Waals surface area contributed by atoms with Crippen LogP contribution in [0, 0.1) is 21.7 Å². The minimum absolute atomic E-state index is 0.183. The summed E-state index contributed by atoms with van der Waals surface area (Å²) in [6, 6.07) is 8.27. The first-order valence-corrected chi connectivity index (χ1v) is 6.08. The van der Waals surface area contributed by atoms with Gasteiger partial charge in [0.2, 0.25) is 0 Å². The predicted molar refractivity (Wildman–Crippen MR) is 73.3 cm³/mol. The maximum absolute atomic E-state index is 13.3. The summed E-state index contributed by atoms with van der Waals surface area (Å²) in [5, 5.41) is 12.8. The molecule has 0 aliphatic rings. The Balaban J connectivity index is 2.02. The normalized spacial score (nSPS) is 10.1. The summed E-state index contributed by atoms with van der Waals surface area (Å²) in [6.07, 6.45) is -1.05. The molecule has 1 N–H and O–H groups in total. The van der Waals surface area contributed by atoms with E-state index in [4.69, 9.17) is 4.74 Å². The lowest BCUT2D eigenvalue weighted by Gasteiger charge is -2.08. The smallest absolute Gasteiger partial charge is 0.412 e. The predicted octanol–water partition coefficient (Wildman–Crippen LogP) is 3.62. The standard InChI is InChI=1S/C14H10F2N2O4/c15-10-5-6-11(16)12(7-10)17-14(19)22-8-9-3-1-2-4-13(9)18(20)21/h1-7H,8H2,(H,17,19). The van der Waals surface area contributed by atoms with Gasteiger partial charge in [0.05, 0.1) is 16.2 Å². The highest BCUT2D eigenvalue weighted by molar-refractivity contribution is 5.84. The number of nitrogens with one attached hydrogen (secondary N) is 1. The van der Waals surface area contributed by atoms with Gasteiger partial charge in [0, 0.05) is 12.1 Å². The van der Waals surface area contributed by atoms with E-state index in [1.54, 1.807) is 6.07 Å². The van der Waals surface area contributed by atoms with Crippen molar-refractivity contribution in [2.75, 3.05) is 5.32 Å². The summed E-state index contributed by atoms with van der Waals surface area (Å²) in [6.45, 7) is -0.375. The Morgan fingerprint density at radius 1 is 1.23 bits per heavy atom. The third-order valence-corrected chi connectivity index (χ3v) is 2.71. The fraction of sp³-hybridized carbons (Fsp3) is 0.0714. The fourth-order valence-corrected chi connectivity index (χ4v) is 1.69. The van der Waals surface area contributed by atoms with Crippen molar-refractivity contribution in [2.45, 2.75) is 6.61 Å².